The second kappa shape index (κ2) is 8.92. The summed E-state index contributed by atoms with van der Waals surface area (Å²) in [6.45, 7) is 0.431. The van der Waals surface area contributed by atoms with Crippen molar-refractivity contribution >= 4 is 5.91 Å². The molecule has 2 heterocycles. The minimum absolute atomic E-state index is 0.0633. The van der Waals surface area contributed by atoms with E-state index < -0.39 is 0 Å². The number of aromatic nitrogens is 5. The van der Waals surface area contributed by atoms with Gasteiger partial charge in [0.1, 0.15) is 12.7 Å². The number of rotatable bonds is 6. The van der Waals surface area contributed by atoms with E-state index in [9.17, 15) is 4.79 Å². The van der Waals surface area contributed by atoms with Crippen molar-refractivity contribution < 1.29 is 4.79 Å². The number of carbonyl (C=O) groups is 1. The van der Waals surface area contributed by atoms with Gasteiger partial charge in [0.15, 0.2) is 0 Å². The highest BCUT2D eigenvalue weighted by atomic mass is 16.2. The lowest BCUT2D eigenvalue weighted by molar-refractivity contribution is 0.0785. The Hall–Kier alpha value is -4.52. The summed E-state index contributed by atoms with van der Waals surface area (Å²) in [5, 5.41) is 8.96. The van der Waals surface area contributed by atoms with E-state index in [1.165, 1.54) is 6.33 Å². The van der Waals surface area contributed by atoms with Crippen LogP contribution >= 0.6 is 0 Å². The van der Waals surface area contributed by atoms with Crippen molar-refractivity contribution in [3.63, 3.8) is 0 Å². The zero-order chi connectivity index (χ0) is 22.6. The fraction of sp³-hybridized carbons (Fsp3) is 0.0769. The van der Waals surface area contributed by atoms with Gasteiger partial charge in [-0.25, -0.2) is 14.3 Å². The lowest BCUT2D eigenvalue weighted by Gasteiger charge is -2.17. The highest BCUT2D eigenvalue weighted by Crippen LogP contribution is 2.25. The predicted octanol–water partition coefficient (Wildman–Crippen LogP) is 4.39. The van der Waals surface area contributed by atoms with Gasteiger partial charge < -0.3 is 4.90 Å². The van der Waals surface area contributed by atoms with Crippen molar-refractivity contribution in [2.24, 2.45) is 0 Å². The SMILES string of the molecule is CN(Cc1cn(-c2ccccc2)nc1-c1ccccc1)C(=O)c1ccc(-n2cncn2)cc1. The molecule has 0 N–H and O–H groups in total. The molecule has 0 radical (unpaired) electrons. The number of para-hydroxylation sites is 1. The summed E-state index contributed by atoms with van der Waals surface area (Å²) in [6, 6.07) is 27.3. The maximum Gasteiger partial charge on any atom is 0.253 e. The van der Waals surface area contributed by atoms with Gasteiger partial charge in [-0.1, -0.05) is 48.5 Å². The number of carbonyl (C=O) groups excluding carboxylic acids is 1. The van der Waals surface area contributed by atoms with Gasteiger partial charge in [0, 0.05) is 36.5 Å². The molecule has 162 valence electrons. The van der Waals surface area contributed by atoms with Crippen LogP contribution in [0.4, 0.5) is 0 Å². The van der Waals surface area contributed by atoms with Gasteiger partial charge in [0.2, 0.25) is 0 Å². The lowest BCUT2D eigenvalue weighted by atomic mass is 10.1. The topological polar surface area (TPSA) is 68.8 Å². The Morgan fingerprint density at radius 2 is 1.52 bits per heavy atom. The number of hydrogen-bond donors (Lipinski definition) is 0. The minimum atomic E-state index is -0.0633. The van der Waals surface area contributed by atoms with Crippen molar-refractivity contribution in [2.45, 2.75) is 6.54 Å². The molecule has 0 atom stereocenters. The van der Waals surface area contributed by atoms with Crippen molar-refractivity contribution in [2.75, 3.05) is 7.05 Å². The standard InChI is InChI=1S/C26H22N6O/c1-30(26(33)21-12-14-24(15-13-21)32-19-27-18-28-32)16-22-17-31(23-10-6-3-7-11-23)29-25(22)20-8-4-2-5-9-20/h2-15,17-19H,16H2,1H3. The molecule has 5 rings (SSSR count). The number of amides is 1. The van der Waals surface area contributed by atoms with Gasteiger partial charge in [-0.3, -0.25) is 4.79 Å². The molecule has 7 nitrogen and oxygen atoms in total. The summed E-state index contributed by atoms with van der Waals surface area (Å²) in [5.41, 5.74) is 5.28. The van der Waals surface area contributed by atoms with E-state index in [-0.39, 0.29) is 5.91 Å². The Labute approximate surface area is 191 Å². The summed E-state index contributed by atoms with van der Waals surface area (Å²) < 4.78 is 3.52. The minimum Gasteiger partial charge on any atom is -0.337 e. The van der Waals surface area contributed by atoms with Crippen molar-refractivity contribution in [3.8, 4) is 22.6 Å². The summed E-state index contributed by atoms with van der Waals surface area (Å²) in [7, 11) is 1.81. The van der Waals surface area contributed by atoms with E-state index in [1.807, 2.05) is 90.7 Å². The van der Waals surface area contributed by atoms with Gasteiger partial charge in [-0.2, -0.15) is 10.2 Å². The van der Waals surface area contributed by atoms with Gasteiger partial charge in [0.25, 0.3) is 5.91 Å². The fourth-order valence-corrected chi connectivity index (χ4v) is 3.72. The van der Waals surface area contributed by atoms with E-state index in [2.05, 4.69) is 10.1 Å². The molecule has 0 aliphatic rings. The molecule has 33 heavy (non-hydrogen) atoms. The van der Waals surface area contributed by atoms with Crippen LogP contribution in [0.1, 0.15) is 15.9 Å². The molecule has 0 spiro atoms. The van der Waals surface area contributed by atoms with E-state index >= 15 is 0 Å². The molecule has 1 amide bonds. The third-order valence-corrected chi connectivity index (χ3v) is 5.41. The van der Waals surface area contributed by atoms with Crippen LogP contribution in [0.25, 0.3) is 22.6 Å². The van der Waals surface area contributed by atoms with Gasteiger partial charge in [-0.15, -0.1) is 0 Å². The number of nitrogens with zero attached hydrogens (tertiary/aromatic N) is 6. The zero-order valence-electron chi connectivity index (χ0n) is 18.1. The Balaban J connectivity index is 1.42. The quantitative estimate of drug-likeness (QED) is 0.397. The highest BCUT2D eigenvalue weighted by Gasteiger charge is 2.18. The molecule has 0 bridgehead atoms. The largest absolute Gasteiger partial charge is 0.337 e. The first kappa shape index (κ1) is 20.4. The van der Waals surface area contributed by atoms with Crippen LogP contribution in [-0.2, 0) is 6.54 Å². The fourth-order valence-electron chi connectivity index (χ4n) is 3.72. The van der Waals surface area contributed by atoms with Crippen LogP contribution in [0.3, 0.4) is 0 Å². The monoisotopic (exact) mass is 434 g/mol. The summed E-state index contributed by atoms with van der Waals surface area (Å²) in [4.78, 5) is 18.8. The smallest absolute Gasteiger partial charge is 0.253 e. The Bertz CT molecular complexity index is 1340. The molecule has 0 saturated carbocycles. The molecule has 0 fully saturated rings. The molecule has 0 saturated heterocycles. The summed E-state index contributed by atoms with van der Waals surface area (Å²) in [6.07, 6.45) is 5.10. The molecular formula is C26H22N6O. The average Bonchev–Trinajstić information content (AvgIpc) is 3.56. The Morgan fingerprint density at radius 3 is 2.18 bits per heavy atom. The summed E-state index contributed by atoms with van der Waals surface area (Å²) >= 11 is 0. The van der Waals surface area contributed by atoms with Crippen LogP contribution in [0.15, 0.2) is 104 Å². The molecular weight excluding hydrogens is 412 g/mol. The Kier molecular flexibility index (Phi) is 5.51. The first-order valence-electron chi connectivity index (χ1n) is 10.6. The van der Waals surface area contributed by atoms with Crippen LogP contribution in [0.5, 0.6) is 0 Å². The highest BCUT2D eigenvalue weighted by molar-refractivity contribution is 5.94. The van der Waals surface area contributed by atoms with Crippen molar-refractivity contribution in [3.05, 3.63) is 115 Å². The van der Waals surface area contributed by atoms with Crippen LogP contribution in [-0.4, -0.2) is 42.4 Å². The molecule has 7 heteroatoms. The van der Waals surface area contributed by atoms with Crippen molar-refractivity contribution in [1.82, 2.24) is 29.4 Å². The molecule has 2 aromatic heterocycles. The zero-order valence-corrected chi connectivity index (χ0v) is 18.1. The molecule has 0 aliphatic carbocycles. The molecule has 3 aromatic carbocycles. The van der Waals surface area contributed by atoms with Gasteiger partial charge >= 0.3 is 0 Å². The van der Waals surface area contributed by atoms with Crippen LogP contribution < -0.4 is 0 Å². The second-order valence-corrected chi connectivity index (χ2v) is 7.70. The molecule has 0 aliphatic heterocycles. The van der Waals surface area contributed by atoms with Gasteiger partial charge in [-0.05, 0) is 36.4 Å². The lowest BCUT2D eigenvalue weighted by Crippen LogP contribution is -2.26. The number of benzene rings is 3. The first-order chi connectivity index (χ1) is 16.2. The Morgan fingerprint density at radius 1 is 0.848 bits per heavy atom. The second-order valence-electron chi connectivity index (χ2n) is 7.70. The van der Waals surface area contributed by atoms with Crippen LogP contribution in [0, 0.1) is 0 Å². The van der Waals surface area contributed by atoms with E-state index in [0.717, 1.165) is 28.2 Å². The predicted molar refractivity (Wildman–Crippen MR) is 126 cm³/mol. The third kappa shape index (κ3) is 4.29. The maximum absolute atomic E-state index is 13.1. The molecule has 0 unspecified atom stereocenters. The third-order valence-electron chi connectivity index (χ3n) is 5.41. The van der Waals surface area contributed by atoms with Gasteiger partial charge in [0.05, 0.1) is 17.1 Å². The molecule has 5 aromatic rings. The van der Waals surface area contributed by atoms with E-state index in [0.29, 0.717) is 12.1 Å². The normalized spacial score (nSPS) is 10.8. The van der Waals surface area contributed by atoms with Crippen LogP contribution in [0.2, 0.25) is 0 Å². The first-order valence-corrected chi connectivity index (χ1v) is 10.6. The van der Waals surface area contributed by atoms with Crippen molar-refractivity contribution in [1.29, 1.82) is 0 Å². The summed E-state index contributed by atoms with van der Waals surface area (Å²) in [5.74, 6) is -0.0633. The van der Waals surface area contributed by atoms with E-state index in [4.69, 9.17) is 5.10 Å². The average molecular weight is 435 g/mol. The number of hydrogen-bond acceptors (Lipinski definition) is 4. The maximum atomic E-state index is 13.1. The van der Waals surface area contributed by atoms with E-state index in [1.54, 1.807) is 28.0 Å².